The molecule has 112 valence electrons. The number of rotatable bonds is 7. The van der Waals surface area contributed by atoms with Gasteiger partial charge < -0.3 is 19.9 Å². The Morgan fingerprint density at radius 2 is 2.15 bits per heavy atom. The van der Waals surface area contributed by atoms with Gasteiger partial charge in [-0.2, -0.15) is 0 Å². The molecule has 1 fully saturated rings. The molecule has 4 nitrogen and oxygen atoms in total. The van der Waals surface area contributed by atoms with Crippen LogP contribution in [0.4, 0.5) is 0 Å². The summed E-state index contributed by atoms with van der Waals surface area (Å²) in [6, 6.07) is 7.99. The first-order valence-corrected chi connectivity index (χ1v) is 7.26. The molecule has 2 N–H and O–H groups in total. The van der Waals surface area contributed by atoms with E-state index in [9.17, 15) is 5.11 Å². The molecule has 1 aromatic carbocycles. The van der Waals surface area contributed by atoms with Crippen LogP contribution < -0.4 is 10.1 Å². The summed E-state index contributed by atoms with van der Waals surface area (Å²) in [6.45, 7) is 3.81. The van der Waals surface area contributed by atoms with Crippen LogP contribution in [0, 0.1) is 0 Å². The van der Waals surface area contributed by atoms with Crippen molar-refractivity contribution < 1.29 is 14.6 Å². The molecule has 0 aliphatic carbocycles. The van der Waals surface area contributed by atoms with Crippen molar-refractivity contribution in [3.8, 4) is 5.75 Å². The molecule has 0 saturated carbocycles. The maximum Gasteiger partial charge on any atom is 0.118 e. The molecule has 1 aromatic rings. The second-order valence-corrected chi connectivity index (χ2v) is 5.76. The molecule has 20 heavy (non-hydrogen) atoms. The Hall–Kier alpha value is -1.10. The fourth-order valence-corrected chi connectivity index (χ4v) is 2.53. The number of aliphatic hydroxyl groups excluding tert-OH is 1. The van der Waals surface area contributed by atoms with Crippen molar-refractivity contribution in [2.75, 3.05) is 26.9 Å². The summed E-state index contributed by atoms with van der Waals surface area (Å²) in [4.78, 5) is 0. The molecular formula is C16H25NO3. The molecule has 0 aromatic heterocycles. The molecule has 0 amide bonds. The first-order chi connectivity index (χ1) is 9.65. The van der Waals surface area contributed by atoms with Gasteiger partial charge in [-0.25, -0.2) is 0 Å². The lowest BCUT2D eigenvalue weighted by atomic mass is 9.93. The van der Waals surface area contributed by atoms with Crippen molar-refractivity contribution in [2.45, 2.75) is 37.8 Å². The number of hydrogen-bond donors (Lipinski definition) is 2. The standard InChI is InChI=1S/C16H25NO3/c1-16(12-18,17-11-15-4-3-9-20-15)10-13-5-7-14(19-2)8-6-13/h5-8,15,17-18H,3-4,9-12H2,1-2H3. The molecular weight excluding hydrogens is 254 g/mol. The average Bonchev–Trinajstić information content (AvgIpc) is 2.99. The lowest BCUT2D eigenvalue weighted by molar-refractivity contribution is 0.0913. The predicted molar refractivity (Wildman–Crippen MR) is 79.2 cm³/mol. The van der Waals surface area contributed by atoms with Crippen molar-refractivity contribution in [1.82, 2.24) is 5.32 Å². The first-order valence-electron chi connectivity index (χ1n) is 7.26. The van der Waals surface area contributed by atoms with Crippen molar-refractivity contribution >= 4 is 0 Å². The van der Waals surface area contributed by atoms with E-state index in [1.54, 1.807) is 7.11 Å². The highest BCUT2D eigenvalue weighted by atomic mass is 16.5. The van der Waals surface area contributed by atoms with E-state index in [1.165, 1.54) is 5.56 Å². The zero-order valence-corrected chi connectivity index (χ0v) is 12.4. The third-order valence-electron chi connectivity index (χ3n) is 3.88. The van der Waals surface area contributed by atoms with E-state index in [2.05, 4.69) is 5.32 Å². The van der Waals surface area contributed by atoms with Crippen molar-refractivity contribution in [1.29, 1.82) is 0 Å². The molecule has 1 aliphatic heterocycles. The second-order valence-electron chi connectivity index (χ2n) is 5.76. The van der Waals surface area contributed by atoms with E-state index in [4.69, 9.17) is 9.47 Å². The van der Waals surface area contributed by atoms with Gasteiger partial charge in [-0.1, -0.05) is 12.1 Å². The SMILES string of the molecule is COc1ccc(CC(C)(CO)NCC2CCCO2)cc1. The van der Waals surface area contributed by atoms with Crippen molar-refractivity contribution in [2.24, 2.45) is 0 Å². The third kappa shape index (κ3) is 4.20. The number of benzene rings is 1. The maximum atomic E-state index is 9.69. The Labute approximate surface area is 121 Å². The molecule has 4 heteroatoms. The summed E-state index contributed by atoms with van der Waals surface area (Å²) in [5, 5.41) is 13.2. The van der Waals surface area contributed by atoms with Crippen LogP contribution >= 0.6 is 0 Å². The van der Waals surface area contributed by atoms with Gasteiger partial charge >= 0.3 is 0 Å². The van der Waals surface area contributed by atoms with Gasteiger partial charge in [0.25, 0.3) is 0 Å². The zero-order valence-electron chi connectivity index (χ0n) is 12.4. The highest BCUT2D eigenvalue weighted by molar-refractivity contribution is 5.28. The number of hydrogen-bond acceptors (Lipinski definition) is 4. The molecule has 1 aliphatic rings. The number of ether oxygens (including phenoxy) is 2. The van der Waals surface area contributed by atoms with Crippen molar-refractivity contribution in [3.63, 3.8) is 0 Å². The largest absolute Gasteiger partial charge is 0.497 e. The topological polar surface area (TPSA) is 50.7 Å². The van der Waals surface area contributed by atoms with E-state index >= 15 is 0 Å². The molecule has 0 spiro atoms. The summed E-state index contributed by atoms with van der Waals surface area (Å²) in [7, 11) is 1.66. The van der Waals surface area contributed by atoms with Crippen LogP contribution in [-0.4, -0.2) is 43.6 Å². The van der Waals surface area contributed by atoms with Crippen LogP contribution in [0.25, 0.3) is 0 Å². The third-order valence-corrected chi connectivity index (χ3v) is 3.88. The minimum Gasteiger partial charge on any atom is -0.497 e. The van der Waals surface area contributed by atoms with E-state index < -0.39 is 0 Å². The minimum absolute atomic E-state index is 0.103. The van der Waals surface area contributed by atoms with Gasteiger partial charge in [-0.05, 0) is 43.9 Å². The minimum atomic E-state index is -0.319. The van der Waals surface area contributed by atoms with Gasteiger partial charge in [0.2, 0.25) is 0 Å². The normalized spacial score (nSPS) is 21.6. The van der Waals surface area contributed by atoms with Gasteiger partial charge in [0.15, 0.2) is 0 Å². The lowest BCUT2D eigenvalue weighted by Crippen LogP contribution is -2.50. The highest BCUT2D eigenvalue weighted by Gasteiger charge is 2.25. The Morgan fingerprint density at radius 3 is 2.70 bits per heavy atom. The van der Waals surface area contributed by atoms with Gasteiger partial charge in [0.05, 0.1) is 19.8 Å². The maximum absolute atomic E-state index is 9.69. The monoisotopic (exact) mass is 279 g/mol. The smallest absolute Gasteiger partial charge is 0.118 e. The number of nitrogens with one attached hydrogen (secondary N) is 1. The van der Waals surface area contributed by atoms with Crippen LogP contribution in [0.15, 0.2) is 24.3 Å². The van der Waals surface area contributed by atoms with Crippen LogP contribution in [-0.2, 0) is 11.2 Å². The van der Waals surface area contributed by atoms with Crippen LogP contribution in [0.5, 0.6) is 5.75 Å². The molecule has 2 atom stereocenters. The Kier molecular flexibility index (Phi) is 5.40. The molecule has 2 unspecified atom stereocenters. The van der Waals surface area contributed by atoms with E-state index in [0.29, 0.717) is 0 Å². The molecule has 0 bridgehead atoms. The Morgan fingerprint density at radius 1 is 1.40 bits per heavy atom. The van der Waals surface area contributed by atoms with Crippen molar-refractivity contribution in [3.05, 3.63) is 29.8 Å². The molecule has 1 heterocycles. The second kappa shape index (κ2) is 7.07. The predicted octanol–water partition coefficient (Wildman–Crippen LogP) is 1.76. The first kappa shape index (κ1) is 15.3. The average molecular weight is 279 g/mol. The van der Waals surface area contributed by atoms with Gasteiger partial charge in [-0.3, -0.25) is 0 Å². The highest BCUT2D eigenvalue weighted by Crippen LogP contribution is 2.18. The van der Waals surface area contributed by atoms with E-state index in [0.717, 1.165) is 38.2 Å². The molecule has 1 saturated heterocycles. The van der Waals surface area contributed by atoms with Crippen LogP contribution in [0.2, 0.25) is 0 Å². The lowest BCUT2D eigenvalue weighted by Gasteiger charge is -2.30. The van der Waals surface area contributed by atoms with E-state index in [1.807, 2.05) is 31.2 Å². The summed E-state index contributed by atoms with van der Waals surface area (Å²) >= 11 is 0. The fraction of sp³-hybridized carbons (Fsp3) is 0.625. The Bertz CT molecular complexity index is 401. The number of aliphatic hydroxyl groups is 1. The summed E-state index contributed by atoms with van der Waals surface area (Å²) in [6.07, 6.45) is 3.31. The van der Waals surface area contributed by atoms with Gasteiger partial charge in [0, 0.05) is 18.7 Å². The van der Waals surface area contributed by atoms with Crippen LogP contribution in [0.1, 0.15) is 25.3 Å². The molecule has 2 rings (SSSR count). The summed E-state index contributed by atoms with van der Waals surface area (Å²) in [5.41, 5.74) is 0.864. The van der Waals surface area contributed by atoms with Gasteiger partial charge in [0.1, 0.15) is 5.75 Å². The van der Waals surface area contributed by atoms with Gasteiger partial charge in [-0.15, -0.1) is 0 Å². The molecule has 0 radical (unpaired) electrons. The van der Waals surface area contributed by atoms with E-state index in [-0.39, 0.29) is 18.2 Å². The zero-order chi connectivity index (χ0) is 14.4. The fourth-order valence-electron chi connectivity index (χ4n) is 2.53. The summed E-state index contributed by atoms with van der Waals surface area (Å²) < 4.78 is 10.8. The number of methoxy groups -OCH3 is 1. The van der Waals surface area contributed by atoms with Crippen LogP contribution in [0.3, 0.4) is 0 Å². The quantitative estimate of drug-likeness (QED) is 0.798. The Balaban J connectivity index is 1.90. The summed E-state index contributed by atoms with van der Waals surface area (Å²) in [5.74, 6) is 0.853.